The van der Waals surface area contributed by atoms with Gasteiger partial charge in [-0.15, -0.1) is 24.0 Å². The second-order valence-corrected chi connectivity index (χ2v) is 8.27. The lowest BCUT2D eigenvalue weighted by atomic mass is 10.1. The predicted molar refractivity (Wildman–Crippen MR) is 138 cm³/mol. The minimum Gasteiger partial charge on any atom is -0.385 e. The van der Waals surface area contributed by atoms with Crippen molar-refractivity contribution in [2.24, 2.45) is 4.99 Å². The molecule has 1 unspecified atom stereocenters. The topological polar surface area (TPSA) is 49.3 Å². The van der Waals surface area contributed by atoms with Crippen molar-refractivity contribution < 1.29 is 9.47 Å². The molecule has 0 bridgehead atoms. The van der Waals surface area contributed by atoms with Crippen LogP contribution in [0.2, 0.25) is 0 Å². The van der Waals surface area contributed by atoms with Gasteiger partial charge in [-0.25, -0.2) is 0 Å². The summed E-state index contributed by atoms with van der Waals surface area (Å²) in [6.45, 7) is 9.77. The van der Waals surface area contributed by atoms with Crippen LogP contribution >= 0.6 is 24.0 Å². The summed E-state index contributed by atoms with van der Waals surface area (Å²) in [7, 11) is 1.74. The monoisotopic (exact) mass is 544 g/mol. The molecular formula is C24H41IN4O2. The first-order chi connectivity index (χ1) is 14.8. The number of aliphatic imine (C=N–C) groups is 1. The van der Waals surface area contributed by atoms with E-state index in [-0.39, 0.29) is 24.0 Å². The molecule has 0 aromatic heterocycles. The van der Waals surface area contributed by atoms with Crippen molar-refractivity contribution in [1.29, 1.82) is 0 Å². The fourth-order valence-electron chi connectivity index (χ4n) is 4.45. The Morgan fingerprint density at radius 2 is 1.81 bits per heavy atom. The highest BCUT2D eigenvalue weighted by Crippen LogP contribution is 2.25. The Morgan fingerprint density at radius 1 is 1.10 bits per heavy atom. The van der Waals surface area contributed by atoms with Crippen LogP contribution in [-0.4, -0.2) is 81.5 Å². The number of benzene rings is 1. The number of rotatable bonds is 10. The van der Waals surface area contributed by atoms with Gasteiger partial charge in [0.25, 0.3) is 0 Å². The van der Waals surface area contributed by atoms with Gasteiger partial charge >= 0.3 is 0 Å². The molecule has 2 heterocycles. The molecule has 176 valence electrons. The van der Waals surface area contributed by atoms with Crippen LogP contribution in [0, 0.1) is 0 Å². The average Bonchev–Trinajstić information content (AvgIpc) is 3.32. The highest BCUT2D eigenvalue weighted by atomic mass is 127. The highest BCUT2D eigenvalue weighted by molar-refractivity contribution is 14.0. The van der Waals surface area contributed by atoms with Crippen LogP contribution in [0.1, 0.15) is 50.6 Å². The van der Waals surface area contributed by atoms with Gasteiger partial charge < -0.3 is 19.7 Å². The maximum Gasteiger partial charge on any atom is 0.193 e. The van der Waals surface area contributed by atoms with E-state index in [9.17, 15) is 0 Å². The van der Waals surface area contributed by atoms with Gasteiger partial charge in [-0.05, 0) is 57.7 Å². The smallest absolute Gasteiger partial charge is 0.193 e. The molecule has 2 aliphatic heterocycles. The third-order valence-electron chi connectivity index (χ3n) is 6.10. The number of nitrogens with one attached hydrogen (secondary N) is 1. The standard InChI is InChI=1S/C24H40N4O2.HI/c1-3-25-24(28-16-12-22(13-17-28)30-19-9-18-29-2)26-20-23(27-14-7-8-15-27)21-10-5-4-6-11-21;/h4-6,10-11,22-23H,3,7-9,12-20H2,1-2H3,(H,25,26);1H. The van der Waals surface area contributed by atoms with Crippen molar-refractivity contribution in [3.63, 3.8) is 0 Å². The normalized spacial score (nSPS) is 19.3. The molecule has 1 N–H and O–H groups in total. The number of ether oxygens (including phenoxy) is 2. The van der Waals surface area contributed by atoms with Gasteiger partial charge in [0.15, 0.2) is 5.96 Å². The van der Waals surface area contributed by atoms with Gasteiger partial charge in [-0.3, -0.25) is 9.89 Å². The number of nitrogens with zero attached hydrogens (tertiary/aromatic N) is 3. The second-order valence-electron chi connectivity index (χ2n) is 8.27. The van der Waals surface area contributed by atoms with Crippen molar-refractivity contribution in [3.8, 4) is 0 Å². The Morgan fingerprint density at radius 3 is 2.45 bits per heavy atom. The largest absolute Gasteiger partial charge is 0.385 e. The number of hydrogen-bond acceptors (Lipinski definition) is 4. The predicted octanol–water partition coefficient (Wildman–Crippen LogP) is 3.92. The molecule has 0 amide bonds. The zero-order valence-corrected chi connectivity index (χ0v) is 21.6. The van der Waals surface area contributed by atoms with Crippen molar-refractivity contribution in [1.82, 2.24) is 15.1 Å². The fraction of sp³-hybridized carbons (Fsp3) is 0.708. The van der Waals surface area contributed by atoms with Crippen molar-refractivity contribution in [2.75, 3.05) is 59.6 Å². The lowest BCUT2D eigenvalue weighted by molar-refractivity contribution is 0.00989. The third-order valence-corrected chi connectivity index (χ3v) is 6.10. The molecule has 2 fully saturated rings. The Hall–Kier alpha value is -0.900. The lowest BCUT2D eigenvalue weighted by Gasteiger charge is -2.35. The molecule has 0 aliphatic carbocycles. The second kappa shape index (κ2) is 15.0. The molecular weight excluding hydrogens is 503 g/mol. The van der Waals surface area contributed by atoms with Gasteiger partial charge in [-0.1, -0.05) is 30.3 Å². The van der Waals surface area contributed by atoms with E-state index in [1.165, 1.54) is 31.5 Å². The molecule has 0 spiro atoms. The van der Waals surface area contributed by atoms with Gasteiger partial charge in [0, 0.05) is 40.0 Å². The highest BCUT2D eigenvalue weighted by Gasteiger charge is 2.25. The molecule has 1 aromatic carbocycles. The summed E-state index contributed by atoms with van der Waals surface area (Å²) < 4.78 is 11.1. The van der Waals surface area contributed by atoms with Crippen LogP contribution < -0.4 is 5.32 Å². The van der Waals surface area contributed by atoms with Crippen LogP contribution in [0.15, 0.2) is 35.3 Å². The van der Waals surface area contributed by atoms with E-state index < -0.39 is 0 Å². The minimum atomic E-state index is 0. The first-order valence-electron chi connectivity index (χ1n) is 11.7. The van der Waals surface area contributed by atoms with Crippen LogP contribution in [0.25, 0.3) is 0 Å². The molecule has 3 rings (SSSR count). The number of likely N-dealkylation sites (tertiary alicyclic amines) is 2. The van der Waals surface area contributed by atoms with E-state index in [2.05, 4.69) is 52.4 Å². The summed E-state index contributed by atoms with van der Waals surface area (Å²) in [4.78, 5) is 10.1. The Balaban J connectivity index is 0.00000341. The molecule has 2 aliphatic rings. The SMILES string of the molecule is CCNC(=NCC(c1ccccc1)N1CCCC1)N1CCC(OCCCOC)CC1.I. The van der Waals surface area contributed by atoms with Crippen molar-refractivity contribution >= 4 is 29.9 Å². The molecule has 0 radical (unpaired) electrons. The zero-order chi connectivity index (χ0) is 21.0. The molecule has 1 atom stereocenters. The summed E-state index contributed by atoms with van der Waals surface area (Å²) in [6.07, 6.45) is 6.05. The quantitative estimate of drug-likeness (QED) is 0.210. The Bertz CT molecular complexity index is 617. The Labute approximate surface area is 205 Å². The van der Waals surface area contributed by atoms with E-state index in [4.69, 9.17) is 14.5 Å². The summed E-state index contributed by atoms with van der Waals surface area (Å²) in [6, 6.07) is 11.2. The first-order valence-corrected chi connectivity index (χ1v) is 11.7. The van der Waals surface area contributed by atoms with Gasteiger partial charge in [0.2, 0.25) is 0 Å². The van der Waals surface area contributed by atoms with E-state index in [0.717, 1.165) is 64.6 Å². The molecule has 31 heavy (non-hydrogen) atoms. The minimum absolute atomic E-state index is 0. The van der Waals surface area contributed by atoms with Crippen LogP contribution in [0.3, 0.4) is 0 Å². The van der Waals surface area contributed by atoms with E-state index in [1.807, 2.05) is 0 Å². The van der Waals surface area contributed by atoms with E-state index in [1.54, 1.807) is 7.11 Å². The van der Waals surface area contributed by atoms with Crippen molar-refractivity contribution in [3.05, 3.63) is 35.9 Å². The molecule has 2 saturated heterocycles. The summed E-state index contributed by atoms with van der Waals surface area (Å²) in [5.41, 5.74) is 1.38. The molecule has 1 aromatic rings. The van der Waals surface area contributed by atoms with Crippen LogP contribution in [-0.2, 0) is 9.47 Å². The number of methoxy groups -OCH3 is 1. The van der Waals surface area contributed by atoms with E-state index >= 15 is 0 Å². The number of guanidine groups is 1. The third kappa shape index (κ3) is 8.51. The van der Waals surface area contributed by atoms with Gasteiger partial charge in [0.1, 0.15) is 0 Å². The fourth-order valence-corrected chi connectivity index (χ4v) is 4.45. The number of piperidine rings is 1. The summed E-state index contributed by atoms with van der Waals surface area (Å²) in [5, 5.41) is 3.52. The molecule has 6 nitrogen and oxygen atoms in total. The van der Waals surface area contributed by atoms with E-state index in [0.29, 0.717) is 12.1 Å². The van der Waals surface area contributed by atoms with Gasteiger partial charge in [0.05, 0.1) is 18.7 Å². The molecule has 0 saturated carbocycles. The Kier molecular flexibility index (Phi) is 12.8. The lowest BCUT2D eigenvalue weighted by Crippen LogP contribution is -2.47. The number of hydrogen-bond donors (Lipinski definition) is 1. The van der Waals surface area contributed by atoms with Gasteiger partial charge in [-0.2, -0.15) is 0 Å². The number of halogens is 1. The summed E-state index contributed by atoms with van der Waals surface area (Å²) >= 11 is 0. The van der Waals surface area contributed by atoms with Crippen molar-refractivity contribution in [2.45, 2.75) is 51.2 Å². The van der Waals surface area contributed by atoms with Crippen LogP contribution in [0.5, 0.6) is 0 Å². The molecule has 7 heteroatoms. The first kappa shape index (κ1) is 26.4. The zero-order valence-electron chi connectivity index (χ0n) is 19.3. The maximum atomic E-state index is 6.02. The average molecular weight is 545 g/mol. The summed E-state index contributed by atoms with van der Waals surface area (Å²) in [5.74, 6) is 1.05. The maximum absolute atomic E-state index is 6.02. The van der Waals surface area contributed by atoms with Crippen LogP contribution in [0.4, 0.5) is 0 Å².